The van der Waals surface area contributed by atoms with E-state index in [-0.39, 0.29) is 12.8 Å². The number of methoxy groups -OCH3 is 2. The number of carbonyl (C=O) groups is 1. The maximum Gasteiger partial charge on any atom is 0.336 e. The van der Waals surface area contributed by atoms with Crippen LogP contribution in [0.15, 0.2) is 48.5 Å². The predicted molar refractivity (Wildman–Crippen MR) is 99.8 cm³/mol. The summed E-state index contributed by atoms with van der Waals surface area (Å²) < 4.78 is 10.5. The molecule has 0 aliphatic carbocycles. The van der Waals surface area contributed by atoms with Crippen LogP contribution in [0.3, 0.4) is 0 Å². The van der Waals surface area contributed by atoms with Crippen molar-refractivity contribution in [3.05, 3.63) is 59.7 Å². The average molecular weight is 358 g/mol. The van der Waals surface area contributed by atoms with E-state index in [1.807, 2.05) is 30.3 Å². The molecule has 0 fully saturated rings. The standard InChI is InChI=1S/C21H26O5/c1-25-18-12-11-17(19(14-18)26-2)15-21(24,20(22)23)13-7-6-10-16-8-4-3-5-9-16/h3-5,8-9,11-12,14,24H,6-7,10,13,15H2,1-2H3,(H,22,23)/t21-/m1/s1. The summed E-state index contributed by atoms with van der Waals surface area (Å²) in [6.07, 6.45) is 2.48. The van der Waals surface area contributed by atoms with Crippen molar-refractivity contribution in [1.29, 1.82) is 0 Å². The van der Waals surface area contributed by atoms with Crippen LogP contribution in [0.1, 0.15) is 30.4 Å². The van der Waals surface area contributed by atoms with Crippen LogP contribution >= 0.6 is 0 Å². The first kappa shape index (κ1) is 19.8. The van der Waals surface area contributed by atoms with Crippen molar-refractivity contribution in [3.63, 3.8) is 0 Å². The lowest BCUT2D eigenvalue weighted by molar-refractivity contribution is -0.159. The van der Waals surface area contributed by atoms with E-state index in [2.05, 4.69) is 0 Å². The molecule has 0 saturated carbocycles. The molecule has 0 spiro atoms. The zero-order chi connectivity index (χ0) is 19.0. The van der Waals surface area contributed by atoms with E-state index in [9.17, 15) is 15.0 Å². The summed E-state index contributed by atoms with van der Waals surface area (Å²) in [6, 6.07) is 15.2. The first-order valence-electron chi connectivity index (χ1n) is 8.69. The fourth-order valence-electron chi connectivity index (χ4n) is 2.98. The maximum atomic E-state index is 11.7. The number of carboxylic acids is 1. The van der Waals surface area contributed by atoms with E-state index >= 15 is 0 Å². The van der Waals surface area contributed by atoms with E-state index in [1.54, 1.807) is 25.3 Å². The van der Waals surface area contributed by atoms with Crippen molar-refractivity contribution in [2.75, 3.05) is 14.2 Å². The fraction of sp³-hybridized carbons (Fsp3) is 0.381. The van der Waals surface area contributed by atoms with Gasteiger partial charge in [-0.2, -0.15) is 0 Å². The van der Waals surface area contributed by atoms with Gasteiger partial charge >= 0.3 is 5.97 Å². The lowest BCUT2D eigenvalue weighted by Gasteiger charge is -2.24. The van der Waals surface area contributed by atoms with Gasteiger partial charge in [0.2, 0.25) is 0 Å². The Kier molecular flexibility index (Phi) is 7.04. The Morgan fingerprint density at radius 2 is 1.77 bits per heavy atom. The summed E-state index contributed by atoms with van der Waals surface area (Å²) in [5.74, 6) is -0.0873. The highest BCUT2D eigenvalue weighted by molar-refractivity contribution is 5.77. The van der Waals surface area contributed by atoms with Crippen LogP contribution in [-0.4, -0.2) is 36.0 Å². The Labute approximate surface area is 154 Å². The quantitative estimate of drug-likeness (QED) is 0.636. The number of carboxylic acid groups (broad SMARTS) is 1. The van der Waals surface area contributed by atoms with Crippen LogP contribution in [0.5, 0.6) is 11.5 Å². The highest BCUT2D eigenvalue weighted by atomic mass is 16.5. The Morgan fingerprint density at radius 1 is 1.04 bits per heavy atom. The van der Waals surface area contributed by atoms with E-state index in [1.165, 1.54) is 12.7 Å². The van der Waals surface area contributed by atoms with Crippen LogP contribution in [0.4, 0.5) is 0 Å². The minimum atomic E-state index is -1.82. The number of hydrogen-bond donors (Lipinski definition) is 2. The number of unbranched alkanes of at least 4 members (excludes halogenated alkanes) is 1. The van der Waals surface area contributed by atoms with Crippen molar-refractivity contribution in [2.24, 2.45) is 0 Å². The van der Waals surface area contributed by atoms with Gasteiger partial charge in [-0.25, -0.2) is 4.79 Å². The minimum absolute atomic E-state index is 0.0131. The molecular formula is C21H26O5. The molecule has 5 heteroatoms. The van der Waals surface area contributed by atoms with E-state index in [0.717, 1.165) is 12.8 Å². The molecule has 2 rings (SSSR count). The number of aryl methyl sites for hydroxylation is 1. The third kappa shape index (κ3) is 5.23. The van der Waals surface area contributed by atoms with Gasteiger partial charge in [-0.1, -0.05) is 36.4 Å². The van der Waals surface area contributed by atoms with Crippen LogP contribution in [0.25, 0.3) is 0 Å². The summed E-state index contributed by atoms with van der Waals surface area (Å²) in [7, 11) is 3.06. The van der Waals surface area contributed by atoms with E-state index in [0.29, 0.717) is 23.5 Å². The van der Waals surface area contributed by atoms with Gasteiger partial charge in [0.05, 0.1) is 14.2 Å². The first-order chi connectivity index (χ1) is 12.5. The second-order valence-electron chi connectivity index (χ2n) is 6.38. The lowest BCUT2D eigenvalue weighted by atomic mass is 9.88. The topological polar surface area (TPSA) is 76.0 Å². The normalized spacial score (nSPS) is 13.0. The molecule has 0 radical (unpaired) electrons. The number of hydrogen-bond acceptors (Lipinski definition) is 4. The number of rotatable bonds is 10. The van der Waals surface area contributed by atoms with Gasteiger partial charge < -0.3 is 19.7 Å². The molecule has 140 valence electrons. The second-order valence-corrected chi connectivity index (χ2v) is 6.38. The summed E-state index contributed by atoms with van der Waals surface area (Å²) in [4.78, 5) is 11.7. The third-order valence-corrected chi connectivity index (χ3v) is 4.52. The van der Waals surface area contributed by atoms with Crippen LogP contribution in [0, 0.1) is 0 Å². The minimum Gasteiger partial charge on any atom is -0.497 e. The molecular weight excluding hydrogens is 332 g/mol. The molecule has 0 aromatic heterocycles. The van der Waals surface area contributed by atoms with Crippen molar-refractivity contribution in [1.82, 2.24) is 0 Å². The average Bonchev–Trinajstić information content (AvgIpc) is 2.66. The van der Waals surface area contributed by atoms with Crippen molar-refractivity contribution < 1.29 is 24.5 Å². The molecule has 2 aromatic carbocycles. The van der Waals surface area contributed by atoms with Crippen molar-refractivity contribution in [3.8, 4) is 11.5 Å². The zero-order valence-corrected chi connectivity index (χ0v) is 15.3. The van der Waals surface area contributed by atoms with Crippen LogP contribution < -0.4 is 9.47 Å². The number of ether oxygens (including phenoxy) is 2. The summed E-state index contributed by atoms with van der Waals surface area (Å²) >= 11 is 0. The molecule has 26 heavy (non-hydrogen) atoms. The Bertz CT molecular complexity index is 714. The van der Waals surface area contributed by atoms with Crippen molar-refractivity contribution >= 4 is 5.97 Å². The number of benzene rings is 2. The SMILES string of the molecule is COc1ccc(C[C@](O)(CCCCc2ccccc2)C(=O)O)c(OC)c1. The maximum absolute atomic E-state index is 11.7. The fourth-order valence-corrected chi connectivity index (χ4v) is 2.98. The third-order valence-electron chi connectivity index (χ3n) is 4.52. The van der Waals surface area contributed by atoms with E-state index < -0.39 is 11.6 Å². The molecule has 2 aromatic rings. The molecule has 0 bridgehead atoms. The number of aliphatic hydroxyl groups is 1. The van der Waals surface area contributed by atoms with Gasteiger partial charge in [0.15, 0.2) is 5.60 Å². The zero-order valence-electron chi connectivity index (χ0n) is 15.3. The van der Waals surface area contributed by atoms with E-state index in [4.69, 9.17) is 9.47 Å². The summed E-state index contributed by atoms with van der Waals surface area (Å²) in [6.45, 7) is 0. The predicted octanol–water partition coefficient (Wildman–Crippen LogP) is 3.48. The largest absolute Gasteiger partial charge is 0.497 e. The highest BCUT2D eigenvalue weighted by Gasteiger charge is 2.36. The van der Waals surface area contributed by atoms with Crippen LogP contribution in [0.2, 0.25) is 0 Å². The van der Waals surface area contributed by atoms with Gasteiger partial charge in [-0.15, -0.1) is 0 Å². The Hall–Kier alpha value is -2.53. The Balaban J connectivity index is 2.01. The molecule has 0 aliphatic rings. The first-order valence-corrected chi connectivity index (χ1v) is 8.69. The molecule has 1 atom stereocenters. The molecule has 0 heterocycles. The van der Waals surface area contributed by atoms with Gasteiger partial charge in [0.1, 0.15) is 11.5 Å². The molecule has 0 aliphatic heterocycles. The summed E-state index contributed by atoms with van der Waals surface area (Å²) in [5, 5.41) is 20.3. The van der Waals surface area contributed by atoms with Crippen molar-refractivity contribution in [2.45, 2.75) is 37.7 Å². The van der Waals surface area contributed by atoms with Gasteiger partial charge in [-0.3, -0.25) is 0 Å². The highest BCUT2D eigenvalue weighted by Crippen LogP contribution is 2.30. The molecule has 0 amide bonds. The lowest BCUT2D eigenvalue weighted by Crippen LogP contribution is -2.40. The van der Waals surface area contributed by atoms with Gasteiger partial charge in [-0.05, 0) is 42.9 Å². The van der Waals surface area contributed by atoms with Gasteiger partial charge in [0.25, 0.3) is 0 Å². The molecule has 5 nitrogen and oxygen atoms in total. The molecule has 0 saturated heterocycles. The van der Waals surface area contributed by atoms with Gasteiger partial charge in [0, 0.05) is 12.5 Å². The smallest absolute Gasteiger partial charge is 0.336 e. The molecule has 0 unspecified atom stereocenters. The summed E-state index contributed by atoms with van der Waals surface area (Å²) in [5.41, 5.74) is 0.0305. The number of aliphatic carboxylic acids is 1. The monoisotopic (exact) mass is 358 g/mol. The van der Waals surface area contributed by atoms with Crippen LogP contribution in [-0.2, 0) is 17.6 Å². The Morgan fingerprint density at radius 3 is 2.38 bits per heavy atom. The molecule has 2 N–H and O–H groups in total. The second kappa shape index (κ2) is 9.25.